The molecule has 0 saturated carbocycles. The number of hydrogen-bond donors (Lipinski definition) is 0. The van der Waals surface area contributed by atoms with E-state index < -0.39 is 0 Å². The van der Waals surface area contributed by atoms with E-state index in [0.29, 0.717) is 12.2 Å². The van der Waals surface area contributed by atoms with Crippen LogP contribution < -0.4 is 0 Å². The Bertz CT molecular complexity index is 646. The Morgan fingerprint density at radius 2 is 2.21 bits per heavy atom. The van der Waals surface area contributed by atoms with Gasteiger partial charge in [0.2, 0.25) is 5.78 Å². The Balaban J connectivity index is 1.85. The SMILES string of the molecule is Cc1cccc2cc(C(=O)CC3=CCCCC3)oc12. The molecule has 0 spiro atoms. The van der Waals surface area contributed by atoms with Crippen LogP contribution in [0.4, 0.5) is 0 Å². The number of carbonyl (C=O) groups is 1. The quantitative estimate of drug-likeness (QED) is 0.581. The van der Waals surface area contributed by atoms with Gasteiger partial charge in [0.15, 0.2) is 5.76 Å². The molecule has 1 aliphatic carbocycles. The monoisotopic (exact) mass is 254 g/mol. The van der Waals surface area contributed by atoms with Gasteiger partial charge in [0.05, 0.1) is 0 Å². The van der Waals surface area contributed by atoms with Gasteiger partial charge in [-0.15, -0.1) is 0 Å². The maximum absolute atomic E-state index is 12.3. The van der Waals surface area contributed by atoms with Crippen molar-refractivity contribution in [2.45, 2.75) is 39.0 Å². The Labute approximate surface area is 113 Å². The second-order valence-corrected chi connectivity index (χ2v) is 5.31. The Morgan fingerprint density at radius 1 is 1.32 bits per heavy atom. The lowest BCUT2D eigenvalue weighted by Crippen LogP contribution is -2.01. The van der Waals surface area contributed by atoms with Gasteiger partial charge in [0.1, 0.15) is 5.58 Å². The van der Waals surface area contributed by atoms with E-state index in [9.17, 15) is 4.79 Å². The fraction of sp³-hybridized carbons (Fsp3) is 0.353. The molecule has 0 radical (unpaired) electrons. The molecule has 0 saturated heterocycles. The van der Waals surface area contributed by atoms with Crippen LogP contribution in [0.2, 0.25) is 0 Å². The summed E-state index contributed by atoms with van der Waals surface area (Å²) in [6.45, 7) is 2.00. The fourth-order valence-electron chi connectivity index (χ4n) is 2.70. The average Bonchev–Trinajstić information content (AvgIpc) is 2.85. The molecule has 1 aromatic carbocycles. The lowest BCUT2D eigenvalue weighted by atomic mass is 9.95. The summed E-state index contributed by atoms with van der Waals surface area (Å²) in [4.78, 5) is 12.3. The van der Waals surface area contributed by atoms with Crippen molar-refractivity contribution in [3.8, 4) is 0 Å². The van der Waals surface area contributed by atoms with Crippen molar-refractivity contribution in [2.24, 2.45) is 0 Å². The Kier molecular flexibility index (Phi) is 3.24. The van der Waals surface area contributed by atoms with E-state index in [0.717, 1.165) is 29.4 Å². The largest absolute Gasteiger partial charge is 0.453 e. The van der Waals surface area contributed by atoms with Crippen LogP contribution in [0.5, 0.6) is 0 Å². The molecule has 0 amide bonds. The second-order valence-electron chi connectivity index (χ2n) is 5.31. The van der Waals surface area contributed by atoms with Crippen LogP contribution >= 0.6 is 0 Å². The van der Waals surface area contributed by atoms with Gasteiger partial charge in [-0.2, -0.15) is 0 Å². The van der Waals surface area contributed by atoms with Crippen molar-refractivity contribution in [1.29, 1.82) is 0 Å². The lowest BCUT2D eigenvalue weighted by molar-refractivity contribution is 0.0967. The molecule has 0 aliphatic heterocycles. The number of hydrogen-bond acceptors (Lipinski definition) is 2. The first-order valence-corrected chi connectivity index (χ1v) is 6.94. The number of furan rings is 1. The first-order valence-electron chi connectivity index (χ1n) is 6.94. The summed E-state index contributed by atoms with van der Waals surface area (Å²) < 4.78 is 5.73. The highest BCUT2D eigenvalue weighted by molar-refractivity contribution is 5.99. The van der Waals surface area contributed by atoms with Crippen molar-refractivity contribution in [1.82, 2.24) is 0 Å². The van der Waals surface area contributed by atoms with Crippen LogP contribution in [0.25, 0.3) is 11.0 Å². The number of fused-ring (bicyclic) bond motifs is 1. The van der Waals surface area contributed by atoms with Gasteiger partial charge in [0, 0.05) is 11.8 Å². The highest BCUT2D eigenvalue weighted by atomic mass is 16.3. The van der Waals surface area contributed by atoms with Gasteiger partial charge < -0.3 is 4.42 Å². The molecule has 0 atom stereocenters. The summed E-state index contributed by atoms with van der Waals surface area (Å²) in [7, 11) is 0. The summed E-state index contributed by atoms with van der Waals surface area (Å²) in [5.74, 6) is 0.597. The molecule has 0 N–H and O–H groups in total. The van der Waals surface area contributed by atoms with Crippen LogP contribution in [-0.2, 0) is 0 Å². The Hall–Kier alpha value is -1.83. The summed E-state index contributed by atoms with van der Waals surface area (Å²) >= 11 is 0. The third kappa shape index (κ3) is 2.48. The van der Waals surface area contributed by atoms with Crippen molar-refractivity contribution < 1.29 is 9.21 Å². The van der Waals surface area contributed by atoms with Crippen LogP contribution in [0.15, 0.2) is 40.3 Å². The predicted octanol–water partition coefficient (Wildman–Crippen LogP) is 4.81. The molecular weight excluding hydrogens is 236 g/mol. The van der Waals surface area contributed by atoms with Gasteiger partial charge in [-0.05, 0) is 44.2 Å². The van der Waals surface area contributed by atoms with Crippen LogP contribution in [0, 0.1) is 6.92 Å². The molecule has 1 aromatic heterocycles. The molecule has 0 bridgehead atoms. The highest BCUT2D eigenvalue weighted by Gasteiger charge is 2.15. The number of Topliss-reactive ketones (excluding diaryl/α,β-unsaturated/α-hetero) is 1. The van der Waals surface area contributed by atoms with Gasteiger partial charge in [-0.25, -0.2) is 0 Å². The zero-order chi connectivity index (χ0) is 13.2. The van der Waals surface area contributed by atoms with E-state index in [-0.39, 0.29) is 5.78 Å². The minimum atomic E-state index is 0.101. The van der Waals surface area contributed by atoms with E-state index in [1.54, 1.807) is 0 Å². The van der Waals surface area contributed by atoms with E-state index in [2.05, 4.69) is 6.08 Å². The molecule has 19 heavy (non-hydrogen) atoms. The summed E-state index contributed by atoms with van der Waals surface area (Å²) in [5, 5.41) is 1.01. The molecule has 3 rings (SSSR count). The molecule has 0 unspecified atom stereocenters. The predicted molar refractivity (Wildman–Crippen MR) is 76.4 cm³/mol. The van der Waals surface area contributed by atoms with Gasteiger partial charge in [-0.1, -0.05) is 29.8 Å². The maximum Gasteiger partial charge on any atom is 0.202 e. The molecule has 2 aromatic rings. The molecule has 98 valence electrons. The lowest BCUT2D eigenvalue weighted by Gasteiger charge is -2.10. The molecule has 2 heteroatoms. The number of benzene rings is 1. The minimum Gasteiger partial charge on any atom is -0.453 e. The molecular formula is C17H18O2. The molecule has 1 aliphatic rings. The van der Waals surface area contributed by atoms with E-state index in [1.165, 1.54) is 18.4 Å². The number of para-hydroxylation sites is 1. The average molecular weight is 254 g/mol. The zero-order valence-corrected chi connectivity index (χ0v) is 11.2. The summed E-state index contributed by atoms with van der Waals surface area (Å²) in [6, 6.07) is 7.85. The smallest absolute Gasteiger partial charge is 0.202 e. The molecule has 0 fully saturated rings. The van der Waals surface area contributed by atoms with Crippen LogP contribution in [0.1, 0.15) is 48.2 Å². The first-order chi connectivity index (χ1) is 9.24. The third-order valence-corrected chi connectivity index (χ3v) is 3.79. The van der Waals surface area contributed by atoms with Crippen molar-refractivity contribution in [2.75, 3.05) is 0 Å². The number of ketones is 1. The topological polar surface area (TPSA) is 30.2 Å². The first kappa shape index (κ1) is 12.2. The Morgan fingerprint density at radius 3 is 2.95 bits per heavy atom. The second kappa shape index (κ2) is 5.04. The third-order valence-electron chi connectivity index (χ3n) is 3.79. The fourth-order valence-corrected chi connectivity index (χ4v) is 2.70. The standard InChI is InChI=1S/C17H18O2/c1-12-6-5-9-14-11-16(19-17(12)14)15(18)10-13-7-3-2-4-8-13/h5-7,9,11H,2-4,8,10H2,1H3. The number of rotatable bonds is 3. The maximum atomic E-state index is 12.3. The van der Waals surface area contributed by atoms with Crippen LogP contribution in [-0.4, -0.2) is 5.78 Å². The van der Waals surface area contributed by atoms with Gasteiger partial charge in [-0.3, -0.25) is 4.79 Å². The zero-order valence-electron chi connectivity index (χ0n) is 11.2. The van der Waals surface area contributed by atoms with E-state index >= 15 is 0 Å². The number of allylic oxidation sites excluding steroid dienone is 2. The summed E-state index contributed by atoms with van der Waals surface area (Å²) in [6.07, 6.45) is 7.36. The van der Waals surface area contributed by atoms with Crippen LogP contribution in [0.3, 0.4) is 0 Å². The minimum absolute atomic E-state index is 0.101. The summed E-state index contributed by atoms with van der Waals surface area (Å²) in [5.41, 5.74) is 3.19. The van der Waals surface area contributed by atoms with Crippen molar-refractivity contribution in [3.05, 3.63) is 47.2 Å². The van der Waals surface area contributed by atoms with Gasteiger partial charge in [0.25, 0.3) is 0 Å². The van der Waals surface area contributed by atoms with Gasteiger partial charge >= 0.3 is 0 Å². The molecule has 2 nitrogen and oxygen atoms in total. The normalized spacial score (nSPS) is 15.5. The number of carbonyl (C=O) groups excluding carboxylic acids is 1. The van der Waals surface area contributed by atoms with E-state index in [1.807, 2.05) is 31.2 Å². The van der Waals surface area contributed by atoms with Crippen molar-refractivity contribution in [3.63, 3.8) is 0 Å². The highest BCUT2D eigenvalue weighted by Crippen LogP contribution is 2.26. The number of aryl methyl sites for hydroxylation is 1. The van der Waals surface area contributed by atoms with Crippen molar-refractivity contribution >= 4 is 16.8 Å². The molecule has 1 heterocycles. The van der Waals surface area contributed by atoms with E-state index in [4.69, 9.17) is 4.42 Å².